The van der Waals surface area contributed by atoms with Crippen LogP contribution in [0.2, 0.25) is 0 Å². The van der Waals surface area contributed by atoms with Gasteiger partial charge in [-0.3, -0.25) is 9.59 Å². The number of carbonyl (C=O) groups is 2. The summed E-state index contributed by atoms with van der Waals surface area (Å²) in [5.41, 5.74) is 0.910. The van der Waals surface area contributed by atoms with E-state index in [1.807, 2.05) is 6.92 Å². The number of nitrogens with zero attached hydrogens (tertiary/aromatic N) is 1. The zero-order valence-corrected chi connectivity index (χ0v) is 12.5. The Morgan fingerprint density at radius 1 is 1.38 bits per heavy atom. The van der Waals surface area contributed by atoms with Gasteiger partial charge in [-0.1, -0.05) is 13.3 Å². The van der Waals surface area contributed by atoms with Gasteiger partial charge < -0.3 is 10.0 Å². The summed E-state index contributed by atoms with van der Waals surface area (Å²) in [4.78, 5) is 24.1. The summed E-state index contributed by atoms with van der Waals surface area (Å²) in [7, 11) is 0. The molecule has 1 aromatic rings. The molecule has 1 aromatic heterocycles. The van der Waals surface area contributed by atoms with Crippen molar-refractivity contribution in [2.75, 3.05) is 13.1 Å². The highest BCUT2D eigenvalue weighted by molar-refractivity contribution is 7.14. The van der Waals surface area contributed by atoms with Gasteiger partial charge in [0, 0.05) is 4.88 Å². The number of carboxylic acids is 1. The van der Waals surface area contributed by atoms with Crippen molar-refractivity contribution < 1.29 is 27.9 Å². The van der Waals surface area contributed by atoms with Gasteiger partial charge in [0.05, 0.1) is 4.88 Å². The van der Waals surface area contributed by atoms with E-state index in [2.05, 4.69) is 0 Å². The third-order valence-corrected chi connectivity index (χ3v) is 3.81. The highest BCUT2D eigenvalue weighted by Gasteiger charge is 2.34. The van der Waals surface area contributed by atoms with E-state index in [9.17, 15) is 22.8 Å². The SMILES string of the molecule is CCCc1cc(C(=O)N(CC(=O)O)CC(F)(F)F)sc1C. The lowest BCUT2D eigenvalue weighted by Crippen LogP contribution is -2.41. The predicted octanol–water partition coefficient (Wildman–Crippen LogP) is 3.10. The third-order valence-electron chi connectivity index (χ3n) is 2.73. The molecule has 1 amide bonds. The fourth-order valence-electron chi connectivity index (χ4n) is 1.88. The molecule has 0 radical (unpaired) electrons. The topological polar surface area (TPSA) is 57.6 Å². The molecular weight excluding hydrogens is 307 g/mol. The van der Waals surface area contributed by atoms with E-state index in [0.717, 1.165) is 34.6 Å². The van der Waals surface area contributed by atoms with E-state index in [0.29, 0.717) is 4.90 Å². The smallest absolute Gasteiger partial charge is 0.406 e. The first-order valence-corrected chi connectivity index (χ1v) is 7.12. The van der Waals surface area contributed by atoms with Crippen LogP contribution in [0.25, 0.3) is 0 Å². The van der Waals surface area contributed by atoms with Crippen molar-refractivity contribution in [3.8, 4) is 0 Å². The molecule has 0 aliphatic rings. The highest BCUT2D eigenvalue weighted by Crippen LogP contribution is 2.25. The van der Waals surface area contributed by atoms with E-state index < -0.39 is 31.1 Å². The van der Waals surface area contributed by atoms with Crippen molar-refractivity contribution >= 4 is 23.2 Å². The molecule has 0 spiro atoms. The number of rotatable bonds is 6. The van der Waals surface area contributed by atoms with Crippen LogP contribution in [-0.2, 0) is 11.2 Å². The lowest BCUT2D eigenvalue weighted by Gasteiger charge is -2.21. The van der Waals surface area contributed by atoms with E-state index in [-0.39, 0.29) is 4.88 Å². The summed E-state index contributed by atoms with van der Waals surface area (Å²) in [6.45, 7) is 1.20. The van der Waals surface area contributed by atoms with Crippen LogP contribution in [0.4, 0.5) is 13.2 Å². The second kappa shape index (κ2) is 6.93. The molecule has 0 saturated heterocycles. The van der Waals surface area contributed by atoms with E-state index in [4.69, 9.17) is 5.11 Å². The van der Waals surface area contributed by atoms with Crippen LogP contribution in [-0.4, -0.2) is 41.1 Å². The molecule has 118 valence electrons. The summed E-state index contributed by atoms with van der Waals surface area (Å²) in [5, 5.41) is 8.66. The Kier molecular flexibility index (Phi) is 5.77. The second-order valence-corrected chi connectivity index (χ2v) is 5.87. The Morgan fingerprint density at radius 3 is 2.48 bits per heavy atom. The molecule has 0 unspecified atom stereocenters. The van der Waals surface area contributed by atoms with E-state index in [1.54, 1.807) is 13.0 Å². The number of alkyl halides is 3. The summed E-state index contributed by atoms with van der Waals surface area (Å²) in [5.74, 6) is -2.38. The van der Waals surface area contributed by atoms with Crippen LogP contribution in [0.5, 0.6) is 0 Å². The summed E-state index contributed by atoms with van der Waals surface area (Å²) in [6, 6.07) is 1.55. The number of hydrogen-bond donors (Lipinski definition) is 1. The normalized spacial score (nSPS) is 11.5. The average Bonchev–Trinajstić information content (AvgIpc) is 2.67. The van der Waals surface area contributed by atoms with Gasteiger partial charge in [-0.05, 0) is 25.0 Å². The molecule has 0 fully saturated rings. The lowest BCUT2D eigenvalue weighted by molar-refractivity contribution is -0.149. The number of thiophene rings is 1. The van der Waals surface area contributed by atoms with E-state index in [1.165, 1.54) is 0 Å². The molecule has 0 aliphatic heterocycles. The van der Waals surface area contributed by atoms with Crippen molar-refractivity contribution in [2.24, 2.45) is 0 Å². The number of amides is 1. The molecule has 1 rings (SSSR count). The number of halogens is 3. The van der Waals surface area contributed by atoms with Crippen LogP contribution in [0.3, 0.4) is 0 Å². The Labute approximate surface area is 124 Å². The zero-order chi connectivity index (χ0) is 16.2. The van der Waals surface area contributed by atoms with Crippen molar-refractivity contribution in [3.05, 3.63) is 21.4 Å². The van der Waals surface area contributed by atoms with Crippen molar-refractivity contribution in [1.82, 2.24) is 4.90 Å². The van der Waals surface area contributed by atoms with Crippen molar-refractivity contribution in [1.29, 1.82) is 0 Å². The van der Waals surface area contributed by atoms with Gasteiger partial charge in [-0.25, -0.2) is 0 Å². The quantitative estimate of drug-likeness (QED) is 0.875. The summed E-state index contributed by atoms with van der Waals surface area (Å²) < 4.78 is 37.4. The molecular formula is C13H16F3NO3S. The number of aliphatic carboxylic acids is 1. The Hall–Kier alpha value is -1.57. The highest BCUT2D eigenvalue weighted by atomic mass is 32.1. The fourth-order valence-corrected chi connectivity index (χ4v) is 2.92. The predicted molar refractivity (Wildman–Crippen MR) is 72.6 cm³/mol. The molecule has 0 bridgehead atoms. The summed E-state index contributed by atoms with van der Waals surface area (Å²) >= 11 is 1.09. The first-order valence-electron chi connectivity index (χ1n) is 6.31. The van der Waals surface area contributed by atoms with Crippen LogP contribution < -0.4 is 0 Å². The van der Waals surface area contributed by atoms with E-state index >= 15 is 0 Å². The van der Waals surface area contributed by atoms with Crippen molar-refractivity contribution in [2.45, 2.75) is 32.9 Å². The maximum atomic E-state index is 12.5. The van der Waals surface area contributed by atoms with Gasteiger partial charge in [0.15, 0.2) is 0 Å². The zero-order valence-electron chi connectivity index (χ0n) is 11.7. The maximum Gasteiger partial charge on any atom is 0.406 e. The molecule has 0 aliphatic carbocycles. The minimum absolute atomic E-state index is 0.140. The number of carboxylic acid groups (broad SMARTS) is 1. The molecule has 0 aromatic carbocycles. The number of carbonyl (C=O) groups excluding carboxylic acids is 1. The second-order valence-electron chi connectivity index (χ2n) is 4.61. The van der Waals surface area contributed by atoms with Gasteiger partial charge in [-0.2, -0.15) is 13.2 Å². The monoisotopic (exact) mass is 323 g/mol. The Balaban J connectivity index is 2.98. The standard InChI is InChI=1S/C13H16F3NO3S/c1-3-4-9-5-10(21-8(9)2)12(20)17(6-11(18)19)7-13(14,15)16/h5H,3-4,6-7H2,1-2H3,(H,18,19). The van der Waals surface area contributed by atoms with Crippen LogP contribution in [0, 0.1) is 6.92 Å². The van der Waals surface area contributed by atoms with Gasteiger partial charge in [0.1, 0.15) is 13.1 Å². The maximum absolute atomic E-state index is 12.5. The summed E-state index contributed by atoms with van der Waals surface area (Å²) in [6.07, 6.45) is -3.05. The van der Waals surface area contributed by atoms with Crippen LogP contribution in [0.1, 0.15) is 33.5 Å². The van der Waals surface area contributed by atoms with Crippen LogP contribution >= 0.6 is 11.3 Å². The Morgan fingerprint density at radius 2 is 2.00 bits per heavy atom. The van der Waals surface area contributed by atoms with Gasteiger partial charge >= 0.3 is 12.1 Å². The molecule has 4 nitrogen and oxygen atoms in total. The van der Waals surface area contributed by atoms with Gasteiger partial charge in [0.2, 0.25) is 0 Å². The molecule has 21 heavy (non-hydrogen) atoms. The lowest BCUT2D eigenvalue weighted by atomic mass is 10.1. The minimum atomic E-state index is -4.64. The molecule has 1 heterocycles. The first-order chi connectivity index (χ1) is 9.64. The minimum Gasteiger partial charge on any atom is -0.480 e. The largest absolute Gasteiger partial charge is 0.480 e. The van der Waals surface area contributed by atoms with Gasteiger partial charge in [0.25, 0.3) is 5.91 Å². The van der Waals surface area contributed by atoms with Crippen molar-refractivity contribution in [3.63, 3.8) is 0 Å². The number of aryl methyl sites for hydroxylation is 2. The van der Waals surface area contributed by atoms with Crippen LogP contribution in [0.15, 0.2) is 6.07 Å². The molecule has 0 atom stereocenters. The third kappa shape index (κ3) is 5.37. The molecule has 1 N–H and O–H groups in total. The first kappa shape index (κ1) is 17.5. The average molecular weight is 323 g/mol. The Bertz CT molecular complexity index is 525. The number of hydrogen-bond acceptors (Lipinski definition) is 3. The van der Waals surface area contributed by atoms with Gasteiger partial charge in [-0.15, -0.1) is 11.3 Å². The molecule has 0 saturated carbocycles. The molecule has 8 heteroatoms. The fraction of sp³-hybridized carbons (Fsp3) is 0.538.